The van der Waals surface area contributed by atoms with E-state index in [1.807, 2.05) is 11.8 Å². The van der Waals surface area contributed by atoms with Crippen LogP contribution in [0.4, 0.5) is 14.6 Å². The molecule has 2 aromatic heterocycles. The Labute approximate surface area is 326 Å². The summed E-state index contributed by atoms with van der Waals surface area (Å²) >= 11 is 0. The number of aliphatic hydroxyl groups is 1. The molecule has 11 nitrogen and oxygen atoms in total. The van der Waals surface area contributed by atoms with Crippen LogP contribution in [0.15, 0.2) is 24.3 Å². The predicted octanol–water partition coefficient (Wildman–Crippen LogP) is 6.96. The summed E-state index contributed by atoms with van der Waals surface area (Å²) in [6.07, 6.45) is 10.6. The maximum Gasteiger partial charge on any atom is 0.319 e. The molecule has 2 aromatic carbocycles. The predicted molar refractivity (Wildman–Crippen MR) is 208 cm³/mol. The molecule has 5 aliphatic rings. The van der Waals surface area contributed by atoms with E-state index >= 15 is 8.78 Å². The number of aryl methyl sites for hydroxylation is 1. The third kappa shape index (κ3) is 6.52. The van der Waals surface area contributed by atoms with Crippen molar-refractivity contribution >= 4 is 27.5 Å². The number of aromatic nitrogens is 3. The summed E-state index contributed by atoms with van der Waals surface area (Å²) in [7, 11) is 1.44. The molecular weight excluding hydrogens is 720 g/mol. The number of methoxy groups -OCH3 is 1. The first kappa shape index (κ1) is 37.7. The average molecular weight is 774 g/mol. The van der Waals surface area contributed by atoms with Crippen LogP contribution >= 0.6 is 0 Å². The van der Waals surface area contributed by atoms with Crippen LogP contribution < -0.4 is 14.4 Å². The Kier molecular flexibility index (Phi) is 9.74. The van der Waals surface area contributed by atoms with Crippen molar-refractivity contribution in [2.75, 3.05) is 64.7 Å². The van der Waals surface area contributed by atoms with Gasteiger partial charge in [-0.2, -0.15) is 9.97 Å². The number of ether oxygens (including phenoxy) is 4. The Hall–Kier alpha value is -3.91. The Morgan fingerprint density at radius 1 is 0.964 bits per heavy atom. The highest BCUT2D eigenvalue weighted by Crippen LogP contribution is 2.56. The van der Waals surface area contributed by atoms with Crippen LogP contribution in [0, 0.1) is 22.5 Å². The summed E-state index contributed by atoms with van der Waals surface area (Å²) in [5, 5.41) is 23.2. The zero-order chi connectivity index (χ0) is 38.8. The molecule has 3 atom stereocenters. The van der Waals surface area contributed by atoms with Crippen LogP contribution in [0.5, 0.6) is 17.6 Å². The van der Waals surface area contributed by atoms with E-state index in [9.17, 15) is 10.2 Å². The van der Waals surface area contributed by atoms with E-state index in [0.29, 0.717) is 65.8 Å². The summed E-state index contributed by atoms with van der Waals surface area (Å²) < 4.78 is 56.6. The standard InChI is InChI=1S/C43H53F2N5O6/c1-4-29-31(44)9-8-26-19-28(51)20-30(33(26)29)36-35(45)37-34(39(46-36)53-3)38(49-15-18-55-24-41(2,52)23-49)48-40(47-37)56-25-43-10-5-7-32(43)50(14-6-11-43)27-21-42(22-27)12-16-54-17-13-42/h8-9,19-20,27,32,51-52H,4-7,10-18,21-25H2,1-3H3/t32-,41+,43-/m1/s1. The minimum atomic E-state index is -1.22. The van der Waals surface area contributed by atoms with Gasteiger partial charge in [-0.15, -0.1) is 0 Å². The third-order valence-electron chi connectivity index (χ3n) is 13.6. The number of hydrogen-bond donors (Lipinski definition) is 2. The van der Waals surface area contributed by atoms with Crippen molar-refractivity contribution in [2.45, 2.75) is 95.7 Å². The second-order valence-electron chi connectivity index (χ2n) is 17.4. The van der Waals surface area contributed by atoms with Gasteiger partial charge >= 0.3 is 6.01 Å². The van der Waals surface area contributed by atoms with Crippen LogP contribution in [-0.4, -0.2) is 108 Å². The molecule has 9 rings (SSSR count). The highest BCUT2D eigenvalue weighted by molar-refractivity contribution is 6.03. The lowest BCUT2D eigenvalue weighted by atomic mass is 9.60. The normalized spacial score (nSPS) is 27.0. The van der Waals surface area contributed by atoms with Gasteiger partial charge in [0.1, 0.15) is 39.6 Å². The molecule has 3 aliphatic heterocycles. The smallest absolute Gasteiger partial charge is 0.319 e. The van der Waals surface area contributed by atoms with Gasteiger partial charge < -0.3 is 34.1 Å². The second kappa shape index (κ2) is 14.5. The zero-order valence-electron chi connectivity index (χ0n) is 32.7. The Morgan fingerprint density at radius 3 is 2.55 bits per heavy atom. The summed E-state index contributed by atoms with van der Waals surface area (Å²) in [6, 6.07) is 6.87. The lowest BCUT2D eigenvalue weighted by Gasteiger charge is -2.58. The summed E-state index contributed by atoms with van der Waals surface area (Å²) in [6.45, 7) is 7.72. The SMILES string of the molecule is CCc1c(F)ccc2cc(O)cc(-c3nc(OC)c4c(N5CCOC[C@@](C)(O)C5)nc(OC[C@]56CCC[C@H]5N(C5CC7(CCOCC7)C5)CCC6)nc4c3F)c12. The van der Waals surface area contributed by atoms with E-state index < -0.39 is 17.2 Å². The molecule has 2 aliphatic carbocycles. The molecule has 0 radical (unpaired) electrons. The van der Waals surface area contributed by atoms with Crippen LogP contribution in [0.1, 0.15) is 77.2 Å². The van der Waals surface area contributed by atoms with Gasteiger partial charge in [0.15, 0.2) is 5.82 Å². The molecule has 0 amide bonds. The highest BCUT2D eigenvalue weighted by atomic mass is 19.1. The van der Waals surface area contributed by atoms with E-state index in [1.165, 1.54) is 38.2 Å². The Morgan fingerprint density at radius 2 is 1.77 bits per heavy atom. The van der Waals surface area contributed by atoms with E-state index in [4.69, 9.17) is 28.9 Å². The maximum absolute atomic E-state index is 17.4. The number of rotatable bonds is 8. The fraction of sp³-hybridized carbons (Fsp3) is 0.605. The molecule has 300 valence electrons. The number of fused-ring (bicyclic) bond motifs is 3. The number of piperidine rings is 1. The van der Waals surface area contributed by atoms with Crippen molar-refractivity contribution in [1.82, 2.24) is 19.9 Å². The van der Waals surface area contributed by atoms with Crippen molar-refractivity contribution in [2.24, 2.45) is 10.8 Å². The molecule has 5 heterocycles. The summed E-state index contributed by atoms with van der Waals surface area (Å²) in [5.74, 6) is -0.958. The first-order chi connectivity index (χ1) is 27.0. The minimum Gasteiger partial charge on any atom is -0.508 e. The van der Waals surface area contributed by atoms with Gasteiger partial charge in [-0.25, -0.2) is 13.8 Å². The van der Waals surface area contributed by atoms with Crippen molar-refractivity contribution < 1.29 is 37.9 Å². The Balaban J connectivity index is 1.13. The van der Waals surface area contributed by atoms with Gasteiger partial charge in [0.25, 0.3) is 0 Å². The van der Waals surface area contributed by atoms with Crippen LogP contribution in [0.25, 0.3) is 32.9 Å². The van der Waals surface area contributed by atoms with Gasteiger partial charge in [0, 0.05) is 42.8 Å². The quantitative estimate of drug-likeness (QED) is 0.193. The summed E-state index contributed by atoms with van der Waals surface area (Å²) in [5.41, 5.74) is -0.476. The van der Waals surface area contributed by atoms with Gasteiger partial charge in [0.2, 0.25) is 5.88 Å². The lowest BCUT2D eigenvalue weighted by Crippen LogP contribution is -2.61. The number of phenolic OH excluding ortho intramolecular Hbond substituents is 1. The number of phenols is 1. The number of likely N-dealkylation sites (tertiary alicyclic amines) is 1. The van der Waals surface area contributed by atoms with Crippen molar-refractivity contribution in [3.05, 3.63) is 41.5 Å². The number of aromatic hydroxyl groups is 1. The third-order valence-corrected chi connectivity index (χ3v) is 13.6. The van der Waals surface area contributed by atoms with E-state index in [0.717, 1.165) is 64.7 Å². The fourth-order valence-electron chi connectivity index (χ4n) is 10.9. The first-order valence-electron chi connectivity index (χ1n) is 20.4. The number of β-amino-alcohol motifs (C(OH)–C–C–N with tert-alkyl or cyclic N) is 1. The van der Waals surface area contributed by atoms with Crippen LogP contribution in [0.3, 0.4) is 0 Å². The number of pyridine rings is 1. The number of anilines is 1. The zero-order valence-corrected chi connectivity index (χ0v) is 32.7. The topological polar surface area (TPSA) is 123 Å². The van der Waals surface area contributed by atoms with Crippen molar-refractivity contribution in [3.63, 3.8) is 0 Å². The fourth-order valence-corrected chi connectivity index (χ4v) is 10.9. The van der Waals surface area contributed by atoms with Crippen molar-refractivity contribution in [3.8, 4) is 28.9 Å². The number of halogens is 2. The Bertz CT molecular complexity index is 2140. The van der Waals surface area contributed by atoms with E-state index in [1.54, 1.807) is 13.0 Å². The van der Waals surface area contributed by atoms with E-state index in [2.05, 4.69) is 9.88 Å². The molecule has 56 heavy (non-hydrogen) atoms. The number of nitrogens with zero attached hydrogens (tertiary/aromatic N) is 5. The molecule has 2 saturated carbocycles. The van der Waals surface area contributed by atoms with Crippen LogP contribution in [0.2, 0.25) is 0 Å². The van der Waals surface area contributed by atoms with Crippen LogP contribution in [-0.2, 0) is 15.9 Å². The minimum absolute atomic E-state index is 0.0263. The lowest BCUT2D eigenvalue weighted by molar-refractivity contribution is -0.112. The monoisotopic (exact) mass is 773 g/mol. The molecule has 3 saturated heterocycles. The van der Waals surface area contributed by atoms with E-state index in [-0.39, 0.29) is 58.4 Å². The molecule has 2 N–H and O–H groups in total. The highest BCUT2D eigenvalue weighted by Gasteiger charge is 2.55. The largest absolute Gasteiger partial charge is 0.508 e. The van der Waals surface area contributed by atoms with Gasteiger partial charge in [-0.3, -0.25) is 4.90 Å². The molecule has 1 spiro atoms. The second-order valence-corrected chi connectivity index (χ2v) is 17.4. The molecule has 5 fully saturated rings. The maximum atomic E-state index is 17.4. The van der Waals surface area contributed by atoms with Crippen molar-refractivity contribution in [1.29, 1.82) is 0 Å². The molecule has 0 unspecified atom stereocenters. The van der Waals surface area contributed by atoms with Gasteiger partial charge in [0.05, 0.1) is 33.5 Å². The number of hydrogen-bond acceptors (Lipinski definition) is 11. The average Bonchev–Trinajstić information content (AvgIpc) is 3.53. The summed E-state index contributed by atoms with van der Waals surface area (Å²) in [4.78, 5) is 19.0. The molecule has 0 bridgehead atoms. The first-order valence-corrected chi connectivity index (χ1v) is 20.4. The van der Waals surface area contributed by atoms with Gasteiger partial charge in [-0.05, 0) is 111 Å². The molecule has 13 heteroatoms. The number of benzene rings is 2. The molecule has 4 aromatic rings. The van der Waals surface area contributed by atoms with Gasteiger partial charge in [-0.1, -0.05) is 19.4 Å². The molecular formula is C43H53F2N5O6.